The Morgan fingerprint density at radius 1 is 1.42 bits per heavy atom. The van der Waals surface area contributed by atoms with Gasteiger partial charge in [-0.1, -0.05) is 5.16 Å². The van der Waals surface area contributed by atoms with Gasteiger partial charge in [0.15, 0.2) is 0 Å². The molecule has 2 aliphatic heterocycles. The van der Waals surface area contributed by atoms with E-state index in [1.54, 1.807) is 4.90 Å². The van der Waals surface area contributed by atoms with Crippen LogP contribution in [0.15, 0.2) is 4.52 Å². The zero-order chi connectivity index (χ0) is 13.2. The lowest BCUT2D eigenvalue weighted by Gasteiger charge is -2.24. The van der Waals surface area contributed by atoms with Gasteiger partial charge in [-0.3, -0.25) is 9.00 Å². The lowest BCUT2D eigenvalue weighted by Crippen LogP contribution is -2.42. The van der Waals surface area contributed by atoms with Crippen LogP contribution in [0.1, 0.15) is 35.4 Å². The summed E-state index contributed by atoms with van der Waals surface area (Å²) in [6, 6.07) is 0.0721. The van der Waals surface area contributed by atoms with E-state index in [-0.39, 0.29) is 17.8 Å². The highest BCUT2D eigenvalue weighted by Crippen LogP contribution is 2.21. The zero-order valence-electron chi connectivity index (χ0n) is 10.5. The first-order valence-corrected chi connectivity index (χ1v) is 7.94. The number of aromatic nitrogens is 2. The van der Waals surface area contributed by atoms with Gasteiger partial charge in [0.2, 0.25) is 5.89 Å². The van der Waals surface area contributed by atoms with Crippen molar-refractivity contribution in [3.05, 3.63) is 11.7 Å². The highest BCUT2D eigenvalue weighted by Gasteiger charge is 2.28. The van der Waals surface area contributed by atoms with Gasteiger partial charge in [0.25, 0.3) is 11.7 Å². The van der Waals surface area contributed by atoms with E-state index in [4.69, 9.17) is 4.52 Å². The first-order valence-electron chi connectivity index (χ1n) is 6.45. The van der Waals surface area contributed by atoms with Crippen LogP contribution in [0.2, 0.25) is 0 Å². The van der Waals surface area contributed by atoms with Crippen LogP contribution in [0, 0.1) is 0 Å². The lowest BCUT2D eigenvalue weighted by molar-refractivity contribution is 0.0755. The summed E-state index contributed by atoms with van der Waals surface area (Å²) in [7, 11) is -0.799. The number of hydrogen-bond donors (Lipinski definition) is 1. The minimum Gasteiger partial charge on any atom is -0.337 e. The number of amides is 1. The van der Waals surface area contributed by atoms with Gasteiger partial charge in [-0.2, -0.15) is 4.98 Å². The minimum atomic E-state index is -0.799. The van der Waals surface area contributed by atoms with Crippen LogP contribution in [-0.4, -0.2) is 56.3 Å². The maximum Gasteiger partial charge on any atom is 0.295 e. The Morgan fingerprint density at radius 3 is 2.89 bits per heavy atom. The van der Waals surface area contributed by atoms with E-state index in [2.05, 4.69) is 15.5 Å². The van der Waals surface area contributed by atoms with Gasteiger partial charge in [-0.25, -0.2) is 0 Å². The lowest BCUT2D eigenvalue weighted by atomic mass is 10.2. The maximum absolute atomic E-state index is 12.2. The Kier molecular flexibility index (Phi) is 3.61. The topological polar surface area (TPSA) is 88.3 Å². The number of carbonyl (C=O) groups excluding carboxylic acids is 1. The number of hydrogen-bond acceptors (Lipinski definition) is 6. The number of rotatable bonds is 2. The third kappa shape index (κ3) is 2.69. The summed E-state index contributed by atoms with van der Waals surface area (Å²) in [6.07, 6.45) is 2.03. The van der Waals surface area contributed by atoms with Crippen molar-refractivity contribution >= 4 is 16.7 Å². The van der Waals surface area contributed by atoms with Crippen molar-refractivity contribution < 1.29 is 13.5 Å². The largest absolute Gasteiger partial charge is 0.337 e. The molecule has 0 bridgehead atoms. The van der Waals surface area contributed by atoms with E-state index in [0.717, 1.165) is 19.4 Å². The van der Waals surface area contributed by atoms with Gasteiger partial charge in [0.1, 0.15) is 0 Å². The summed E-state index contributed by atoms with van der Waals surface area (Å²) < 4.78 is 16.4. The Labute approximate surface area is 113 Å². The predicted octanol–water partition coefficient (Wildman–Crippen LogP) is -0.301. The molecule has 3 heterocycles. The third-order valence-corrected chi connectivity index (χ3v) is 4.73. The van der Waals surface area contributed by atoms with E-state index in [1.807, 2.05) is 0 Å². The van der Waals surface area contributed by atoms with Crippen LogP contribution in [0.25, 0.3) is 0 Å². The molecule has 0 spiro atoms. The SMILES string of the molecule is O=C(c1noc(C2CCCN2)n1)N1CCS(=O)CC1. The predicted molar refractivity (Wildman–Crippen MR) is 68.1 cm³/mol. The van der Waals surface area contributed by atoms with Gasteiger partial charge in [0, 0.05) is 35.4 Å². The Hall–Kier alpha value is -1.28. The van der Waals surface area contributed by atoms with E-state index < -0.39 is 10.8 Å². The highest BCUT2D eigenvalue weighted by atomic mass is 32.2. The molecular weight excluding hydrogens is 268 g/mol. The fourth-order valence-corrected chi connectivity index (χ4v) is 3.39. The summed E-state index contributed by atoms with van der Waals surface area (Å²) in [5.74, 6) is 1.42. The molecule has 104 valence electrons. The summed E-state index contributed by atoms with van der Waals surface area (Å²) in [4.78, 5) is 18.0. The molecular formula is C11H16N4O3S. The molecule has 1 atom stereocenters. The normalized spacial score (nSPS) is 24.8. The van der Waals surface area contributed by atoms with Gasteiger partial charge >= 0.3 is 0 Å². The first kappa shape index (κ1) is 12.7. The molecule has 1 N–H and O–H groups in total. The molecule has 1 aromatic rings. The summed E-state index contributed by atoms with van der Waals surface area (Å²) in [6.45, 7) is 1.93. The fraction of sp³-hybridized carbons (Fsp3) is 0.727. The molecule has 2 fully saturated rings. The maximum atomic E-state index is 12.2. The molecule has 19 heavy (non-hydrogen) atoms. The number of nitrogens with one attached hydrogen (secondary N) is 1. The average Bonchev–Trinajstić information content (AvgIpc) is 3.10. The van der Waals surface area contributed by atoms with Crippen molar-refractivity contribution in [2.24, 2.45) is 0 Å². The quantitative estimate of drug-likeness (QED) is 0.802. The van der Waals surface area contributed by atoms with Crippen molar-refractivity contribution in [1.82, 2.24) is 20.4 Å². The fourth-order valence-electron chi connectivity index (χ4n) is 2.34. The monoisotopic (exact) mass is 284 g/mol. The minimum absolute atomic E-state index is 0.0721. The third-order valence-electron chi connectivity index (χ3n) is 3.46. The summed E-state index contributed by atoms with van der Waals surface area (Å²) in [5, 5.41) is 7.01. The van der Waals surface area contributed by atoms with Crippen molar-refractivity contribution in [3.63, 3.8) is 0 Å². The molecule has 7 nitrogen and oxygen atoms in total. The standard InChI is InChI=1S/C11H16N4O3S/c16-11(15-4-6-19(17)7-5-15)9-13-10(18-14-9)8-2-1-3-12-8/h8,12H,1-7H2. The van der Waals surface area contributed by atoms with Crippen LogP contribution >= 0.6 is 0 Å². The molecule has 3 rings (SSSR count). The van der Waals surface area contributed by atoms with Gasteiger partial charge in [-0.15, -0.1) is 0 Å². The highest BCUT2D eigenvalue weighted by molar-refractivity contribution is 7.85. The second-order valence-electron chi connectivity index (χ2n) is 4.75. The number of nitrogens with zero attached hydrogens (tertiary/aromatic N) is 3. The molecule has 0 aromatic carbocycles. The van der Waals surface area contributed by atoms with Crippen LogP contribution in [0.5, 0.6) is 0 Å². The van der Waals surface area contributed by atoms with Crippen molar-refractivity contribution in [2.45, 2.75) is 18.9 Å². The molecule has 1 amide bonds. The number of carbonyl (C=O) groups is 1. The molecule has 0 aliphatic carbocycles. The molecule has 0 saturated carbocycles. The van der Waals surface area contributed by atoms with Gasteiger partial charge < -0.3 is 14.7 Å². The summed E-state index contributed by atoms with van der Waals surface area (Å²) in [5.41, 5.74) is 0. The first-order chi connectivity index (χ1) is 9.24. The Morgan fingerprint density at radius 2 is 2.21 bits per heavy atom. The van der Waals surface area contributed by atoms with E-state index in [0.29, 0.717) is 30.5 Å². The van der Waals surface area contributed by atoms with Gasteiger partial charge in [0.05, 0.1) is 6.04 Å². The van der Waals surface area contributed by atoms with E-state index in [1.165, 1.54) is 0 Å². The van der Waals surface area contributed by atoms with E-state index >= 15 is 0 Å². The van der Waals surface area contributed by atoms with Crippen LogP contribution in [0.3, 0.4) is 0 Å². The van der Waals surface area contributed by atoms with Crippen molar-refractivity contribution in [1.29, 1.82) is 0 Å². The Balaban J connectivity index is 1.68. The van der Waals surface area contributed by atoms with Crippen LogP contribution < -0.4 is 5.32 Å². The van der Waals surface area contributed by atoms with Crippen LogP contribution in [0.4, 0.5) is 0 Å². The van der Waals surface area contributed by atoms with Crippen molar-refractivity contribution in [3.8, 4) is 0 Å². The van der Waals surface area contributed by atoms with E-state index in [9.17, 15) is 9.00 Å². The average molecular weight is 284 g/mol. The molecule has 1 unspecified atom stereocenters. The second-order valence-corrected chi connectivity index (χ2v) is 6.44. The second kappa shape index (κ2) is 5.38. The Bertz CT molecular complexity index is 488. The summed E-state index contributed by atoms with van der Waals surface area (Å²) >= 11 is 0. The molecule has 8 heteroatoms. The van der Waals surface area contributed by atoms with Gasteiger partial charge in [-0.05, 0) is 19.4 Å². The van der Waals surface area contributed by atoms with Crippen LogP contribution in [-0.2, 0) is 10.8 Å². The van der Waals surface area contributed by atoms with Crippen molar-refractivity contribution in [2.75, 3.05) is 31.1 Å². The molecule has 2 aliphatic rings. The molecule has 0 radical (unpaired) electrons. The molecule has 1 aromatic heterocycles. The smallest absolute Gasteiger partial charge is 0.295 e. The molecule has 2 saturated heterocycles. The zero-order valence-corrected chi connectivity index (χ0v) is 11.3.